The van der Waals surface area contributed by atoms with Gasteiger partial charge in [-0.1, -0.05) is 0 Å². The van der Waals surface area contributed by atoms with Crippen molar-refractivity contribution in [1.82, 2.24) is 19.7 Å². The summed E-state index contributed by atoms with van der Waals surface area (Å²) in [5.41, 5.74) is 2.84. The molecule has 1 fully saturated rings. The van der Waals surface area contributed by atoms with E-state index >= 15 is 0 Å². The van der Waals surface area contributed by atoms with E-state index in [0.29, 0.717) is 22.6 Å². The fourth-order valence-corrected chi connectivity index (χ4v) is 3.57. The molecule has 3 heterocycles. The third-order valence-electron chi connectivity index (χ3n) is 4.91. The van der Waals surface area contributed by atoms with Crippen molar-refractivity contribution in [3.05, 3.63) is 52.3 Å². The first-order valence-electron chi connectivity index (χ1n) is 8.49. The quantitative estimate of drug-likeness (QED) is 0.790. The van der Waals surface area contributed by atoms with Crippen molar-refractivity contribution >= 4 is 17.0 Å². The number of nitrogens with one attached hydrogen (secondary N) is 1. The van der Waals surface area contributed by atoms with Crippen LogP contribution in [0.5, 0.6) is 0 Å². The molecule has 1 atom stereocenters. The van der Waals surface area contributed by atoms with Gasteiger partial charge < -0.3 is 9.32 Å². The number of aromatic amines is 1. The van der Waals surface area contributed by atoms with Crippen molar-refractivity contribution in [3.8, 4) is 0 Å². The van der Waals surface area contributed by atoms with Crippen LogP contribution in [0.4, 0.5) is 0 Å². The lowest BCUT2D eigenvalue weighted by molar-refractivity contribution is 0.0673. The summed E-state index contributed by atoms with van der Waals surface area (Å²) in [6, 6.07) is 7.14. The highest BCUT2D eigenvalue weighted by molar-refractivity contribution is 5.97. The molecule has 1 N–H and O–H groups in total. The number of benzene rings is 1. The highest BCUT2D eigenvalue weighted by Crippen LogP contribution is 2.23. The van der Waals surface area contributed by atoms with Gasteiger partial charge in [-0.05, 0) is 49.4 Å². The summed E-state index contributed by atoms with van der Waals surface area (Å²) < 4.78 is 6.55. The molecule has 0 spiro atoms. The normalized spacial score (nSPS) is 18.0. The van der Waals surface area contributed by atoms with Gasteiger partial charge in [0.25, 0.3) is 5.91 Å². The zero-order chi connectivity index (χ0) is 17.4. The maximum absolute atomic E-state index is 12.9. The lowest BCUT2D eigenvalue weighted by Gasteiger charge is -2.32. The monoisotopic (exact) mass is 340 g/mol. The van der Waals surface area contributed by atoms with E-state index in [-0.39, 0.29) is 5.91 Å². The van der Waals surface area contributed by atoms with Crippen LogP contribution in [-0.4, -0.2) is 38.7 Å². The molecule has 0 radical (unpaired) electrons. The smallest absolute Gasteiger partial charge is 0.408 e. The predicted molar refractivity (Wildman–Crippen MR) is 92.4 cm³/mol. The molecule has 7 nitrogen and oxygen atoms in total. The summed E-state index contributed by atoms with van der Waals surface area (Å²) in [7, 11) is 1.64. The Labute approximate surface area is 144 Å². The fraction of sp³-hybridized carbons (Fsp3) is 0.389. The van der Waals surface area contributed by atoms with Gasteiger partial charge in [0.15, 0.2) is 5.58 Å². The molecule has 0 unspecified atom stereocenters. The number of oxazole rings is 1. The van der Waals surface area contributed by atoms with E-state index in [4.69, 9.17) is 4.42 Å². The molecule has 1 amide bonds. The number of aryl methyl sites for hydroxylation is 1. The van der Waals surface area contributed by atoms with E-state index in [1.54, 1.807) is 31.4 Å². The minimum Gasteiger partial charge on any atom is -0.408 e. The van der Waals surface area contributed by atoms with Crippen LogP contribution in [0.1, 0.15) is 28.9 Å². The zero-order valence-electron chi connectivity index (χ0n) is 14.1. The largest absolute Gasteiger partial charge is 0.419 e. The van der Waals surface area contributed by atoms with E-state index in [9.17, 15) is 9.59 Å². The first-order chi connectivity index (χ1) is 12.1. The molecule has 25 heavy (non-hydrogen) atoms. The van der Waals surface area contributed by atoms with E-state index in [0.717, 1.165) is 38.0 Å². The number of likely N-dealkylation sites (tertiary alicyclic amines) is 1. The van der Waals surface area contributed by atoms with Crippen molar-refractivity contribution < 1.29 is 9.21 Å². The van der Waals surface area contributed by atoms with Crippen molar-refractivity contribution in [1.29, 1.82) is 0 Å². The standard InChI is InChI=1S/C18H20N4O3/c1-21-15-10-13(4-5-16(15)25-18(21)24)17(23)22-8-2-3-12(11-22)9-14-6-7-19-20-14/h4-7,10,12H,2-3,8-9,11H2,1H3,(H,19,20)/t12-/m0/s1. The molecule has 0 saturated carbocycles. The molecular weight excluding hydrogens is 320 g/mol. The summed E-state index contributed by atoms with van der Waals surface area (Å²) in [5.74, 6) is 0.0159. The fourth-order valence-electron chi connectivity index (χ4n) is 3.57. The van der Waals surface area contributed by atoms with Crippen molar-refractivity contribution in [2.75, 3.05) is 13.1 Å². The Bertz CT molecular complexity index is 955. The Morgan fingerprint density at radius 3 is 3.08 bits per heavy atom. The number of amides is 1. The molecule has 0 aliphatic carbocycles. The molecule has 1 aromatic carbocycles. The number of carbonyl (C=O) groups is 1. The average molecular weight is 340 g/mol. The van der Waals surface area contributed by atoms with E-state index < -0.39 is 5.76 Å². The molecule has 2 aromatic heterocycles. The summed E-state index contributed by atoms with van der Waals surface area (Å²) in [6.45, 7) is 1.50. The lowest BCUT2D eigenvalue weighted by Crippen LogP contribution is -2.40. The SMILES string of the molecule is Cn1c(=O)oc2ccc(C(=O)N3CCC[C@@H](Cc4ccn[nH]4)C3)cc21. The van der Waals surface area contributed by atoms with E-state index in [1.807, 2.05) is 11.0 Å². The third-order valence-corrected chi connectivity index (χ3v) is 4.91. The second-order valence-corrected chi connectivity index (χ2v) is 6.65. The first kappa shape index (κ1) is 15.7. The molecule has 3 aromatic rings. The minimum atomic E-state index is -0.419. The third kappa shape index (κ3) is 2.97. The second-order valence-electron chi connectivity index (χ2n) is 6.65. The number of hydrogen-bond acceptors (Lipinski definition) is 4. The van der Waals surface area contributed by atoms with Crippen molar-refractivity contribution in [2.24, 2.45) is 13.0 Å². The van der Waals surface area contributed by atoms with Crippen LogP contribution >= 0.6 is 0 Å². The van der Waals surface area contributed by atoms with Crippen LogP contribution in [0.25, 0.3) is 11.1 Å². The molecule has 1 aliphatic heterocycles. The maximum Gasteiger partial charge on any atom is 0.419 e. The summed E-state index contributed by atoms with van der Waals surface area (Å²) >= 11 is 0. The van der Waals surface area contributed by atoms with Crippen LogP contribution in [0.3, 0.4) is 0 Å². The van der Waals surface area contributed by atoms with Crippen molar-refractivity contribution in [2.45, 2.75) is 19.3 Å². The van der Waals surface area contributed by atoms with Gasteiger partial charge in [0.05, 0.1) is 5.52 Å². The van der Waals surface area contributed by atoms with Gasteiger partial charge in [0, 0.05) is 37.6 Å². The van der Waals surface area contributed by atoms with Crippen LogP contribution < -0.4 is 5.76 Å². The Hall–Kier alpha value is -2.83. The minimum absolute atomic E-state index is 0.00450. The molecule has 130 valence electrons. The number of hydrogen-bond donors (Lipinski definition) is 1. The highest BCUT2D eigenvalue weighted by Gasteiger charge is 2.25. The topological polar surface area (TPSA) is 84.1 Å². The number of piperidine rings is 1. The highest BCUT2D eigenvalue weighted by atomic mass is 16.4. The summed E-state index contributed by atoms with van der Waals surface area (Å²) in [6.07, 6.45) is 4.76. The lowest BCUT2D eigenvalue weighted by atomic mass is 9.93. The molecule has 1 saturated heterocycles. The number of aromatic nitrogens is 3. The molecule has 1 aliphatic rings. The Morgan fingerprint density at radius 1 is 1.40 bits per heavy atom. The summed E-state index contributed by atoms with van der Waals surface area (Å²) in [5, 5.41) is 6.98. The van der Waals surface area contributed by atoms with Crippen LogP contribution in [-0.2, 0) is 13.5 Å². The second kappa shape index (κ2) is 6.23. The summed E-state index contributed by atoms with van der Waals surface area (Å²) in [4.78, 5) is 26.4. The maximum atomic E-state index is 12.9. The Morgan fingerprint density at radius 2 is 2.28 bits per heavy atom. The first-order valence-corrected chi connectivity index (χ1v) is 8.49. The number of fused-ring (bicyclic) bond motifs is 1. The van der Waals surface area contributed by atoms with Gasteiger partial charge in [-0.2, -0.15) is 5.10 Å². The molecule has 4 rings (SSSR count). The van der Waals surface area contributed by atoms with E-state index in [2.05, 4.69) is 10.2 Å². The predicted octanol–water partition coefficient (Wildman–Crippen LogP) is 1.95. The van der Waals surface area contributed by atoms with E-state index in [1.165, 1.54) is 4.57 Å². The van der Waals surface area contributed by atoms with Crippen LogP contribution in [0.15, 0.2) is 39.7 Å². The Balaban J connectivity index is 1.53. The van der Waals surface area contributed by atoms with Gasteiger partial charge in [0.1, 0.15) is 0 Å². The van der Waals surface area contributed by atoms with Crippen LogP contribution in [0, 0.1) is 5.92 Å². The van der Waals surface area contributed by atoms with Crippen molar-refractivity contribution in [3.63, 3.8) is 0 Å². The molecular formula is C18H20N4O3. The average Bonchev–Trinajstić information content (AvgIpc) is 3.23. The van der Waals surface area contributed by atoms with Gasteiger partial charge in [0.2, 0.25) is 0 Å². The van der Waals surface area contributed by atoms with Crippen LogP contribution in [0.2, 0.25) is 0 Å². The number of H-pyrrole nitrogens is 1. The number of nitrogens with zero attached hydrogens (tertiary/aromatic N) is 3. The van der Waals surface area contributed by atoms with Gasteiger partial charge >= 0.3 is 5.76 Å². The number of rotatable bonds is 3. The Kier molecular flexibility index (Phi) is 3.91. The zero-order valence-corrected chi connectivity index (χ0v) is 14.1. The molecule has 7 heteroatoms. The molecule has 0 bridgehead atoms. The van der Waals surface area contributed by atoms with Gasteiger partial charge in [-0.3, -0.25) is 14.5 Å². The van der Waals surface area contributed by atoms with Gasteiger partial charge in [-0.15, -0.1) is 0 Å². The number of carbonyl (C=O) groups excluding carboxylic acids is 1. The van der Waals surface area contributed by atoms with Gasteiger partial charge in [-0.25, -0.2) is 4.79 Å².